The van der Waals surface area contributed by atoms with Crippen LogP contribution in [0, 0.1) is 12.8 Å². The molecule has 2 aromatic carbocycles. The SMILES string of the molecule is CC(C)(Cc1nccn1-c1ccccc1)C1C=Cc2ccccc21.[CH3-].[Cl][Cr+][Cl]. The van der Waals surface area contributed by atoms with Crippen molar-refractivity contribution in [2.45, 2.75) is 26.2 Å². The van der Waals surface area contributed by atoms with Crippen molar-refractivity contribution in [2.75, 3.05) is 0 Å². The van der Waals surface area contributed by atoms with Gasteiger partial charge < -0.3 is 12.0 Å². The molecule has 4 rings (SSSR count). The van der Waals surface area contributed by atoms with Crippen LogP contribution in [-0.2, 0) is 19.8 Å². The van der Waals surface area contributed by atoms with Crippen molar-refractivity contribution in [1.82, 2.24) is 9.55 Å². The van der Waals surface area contributed by atoms with Gasteiger partial charge in [-0.1, -0.05) is 68.5 Å². The molecule has 0 fully saturated rings. The number of halogens is 2. The van der Waals surface area contributed by atoms with Crippen LogP contribution < -0.4 is 0 Å². The molecule has 2 nitrogen and oxygen atoms in total. The number of imidazole rings is 1. The topological polar surface area (TPSA) is 17.8 Å². The van der Waals surface area contributed by atoms with Crippen molar-refractivity contribution in [3.8, 4) is 5.69 Å². The Morgan fingerprint density at radius 1 is 1.04 bits per heavy atom. The van der Waals surface area contributed by atoms with Crippen LogP contribution in [0.4, 0.5) is 0 Å². The van der Waals surface area contributed by atoms with Crippen molar-refractivity contribution in [3.63, 3.8) is 0 Å². The predicted molar refractivity (Wildman–Crippen MR) is 117 cm³/mol. The Morgan fingerprint density at radius 2 is 1.68 bits per heavy atom. The van der Waals surface area contributed by atoms with Gasteiger partial charge in [0, 0.05) is 30.4 Å². The quantitative estimate of drug-likeness (QED) is 0.387. The van der Waals surface area contributed by atoms with Gasteiger partial charge in [-0.25, -0.2) is 4.98 Å². The van der Waals surface area contributed by atoms with E-state index in [1.54, 1.807) is 0 Å². The van der Waals surface area contributed by atoms with Gasteiger partial charge in [0.25, 0.3) is 0 Å². The summed E-state index contributed by atoms with van der Waals surface area (Å²) in [5.74, 6) is 1.54. The molecule has 0 radical (unpaired) electrons. The third-order valence-electron chi connectivity index (χ3n) is 5.01. The first-order valence-corrected chi connectivity index (χ1v) is 12.3. The fourth-order valence-corrected chi connectivity index (χ4v) is 3.74. The van der Waals surface area contributed by atoms with Crippen molar-refractivity contribution < 1.29 is 13.4 Å². The van der Waals surface area contributed by atoms with Crippen molar-refractivity contribution in [3.05, 3.63) is 97.4 Å². The molecular formula is C23H25Cl2CrN2. The van der Waals surface area contributed by atoms with Gasteiger partial charge in [0.05, 0.1) is 0 Å². The van der Waals surface area contributed by atoms with E-state index in [9.17, 15) is 0 Å². The first-order valence-electron chi connectivity index (χ1n) is 8.81. The molecule has 5 heteroatoms. The van der Waals surface area contributed by atoms with E-state index in [2.05, 4.69) is 90.3 Å². The zero-order chi connectivity index (χ0) is 19.3. The fraction of sp³-hybridized carbons (Fsp3) is 0.217. The van der Waals surface area contributed by atoms with Crippen LogP contribution in [0.25, 0.3) is 11.8 Å². The van der Waals surface area contributed by atoms with Gasteiger partial charge in [0.2, 0.25) is 0 Å². The molecule has 147 valence electrons. The molecule has 0 amide bonds. The maximum atomic E-state index is 4.83. The molecule has 0 bridgehead atoms. The minimum atomic E-state index is -0.181. The first-order chi connectivity index (χ1) is 13.1. The van der Waals surface area contributed by atoms with E-state index >= 15 is 0 Å². The Balaban J connectivity index is 0.000000660. The van der Waals surface area contributed by atoms with Crippen LogP contribution in [-0.4, -0.2) is 9.55 Å². The monoisotopic (exact) mass is 451 g/mol. The zero-order valence-electron chi connectivity index (χ0n) is 16.3. The number of fused-ring (bicyclic) bond motifs is 1. The third-order valence-corrected chi connectivity index (χ3v) is 5.01. The Bertz CT molecular complexity index is 904. The van der Waals surface area contributed by atoms with Crippen molar-refractivity contribution >= 4 is 26.2 Å². The normalized spacial score (nSPS) is 14.5. The standard InChI is InChI=1S/C22H22N2.CH3.2ClH.Cr/c1-22(2,20-13-12-17-8-6-7-11-19(17)20)16-21-23-14-15-24(21)18-9-4-3-5-10-18;;;;/h3-15,20H,16H2,1-2H3;1H3;2*1H;/q;-1;;;+3/p-2. The molecule has 1 aliphatic rings. The molecule has 1 aromatic heterocycles. The van der Waals surface area contributed by atoms with E-state index in [1.165, 1.54) is 16.8 Å². The summed E-state index contributed by atoms with van der Waals surface area (Å²) in [6.45, 7) is 4.68. The summed E-state index contributed by atoms with van der Waals surface area (Å²) in [4.78, 5) is 4.64. The fourth-order valence-electron chi connectivity index (χ4n) is 3.74. The van der Waals surface area contributed by atoms with Gasteiger partial charge in [-0.2, -0.15) is 0 Å². The van der Waals surface area contributed by atoms with Crippen LogP contribution >= 0.6 is 20.1 Å². The van der Waals surface area contributed by atoms with Crippen LogP contribution in [0.2, 0.25) is 0 Å². The molecule has 1 aliphatic carbocycles. The molecule has 3 aromatic rings. The van der Waals surface area contributed by atoms with Gasteiger partial charge in [0.1, 0.15) is 5.82 Å². The van der Waals surface area contributed by atoms with Crippen LogP contribution in [0.3, 0.4) is 0 Å². The van der Waals surface area contributed by atoms with Crippen molar-refractivity contribution in [1.29, 1.82) is 0 Å². The number of nitrogens with zero attached hydrogens (tertiary/aromatic N) is 2. The summed E-state index contributed by atoms with van der Waals surface area (Å²) in [6.07, 6.45) is 9.49. The second kappa shape index (κ2) is 10.3. The molecular weight excluding hydrogens is 427 g/mol. The second-order valence-corrected chi connectivity index (χ2v) is 9.34. The predicted octanol–water partition coefficient (Wildman–Crippen LogP) is 7.08. The molecule has 0 N–H and O–H groups in total. The molecule has 1 heterocycles. The van der Waals surface area contributed by atoms with Gasteiger partial charge in [-0.05, 0) is 28.7 Å². The number of aromatic nitrogens is 2. The van der Waals surface area contributed by atoms with E-state index in [4.69, 9.17) is 20.1 Å². The molecule has 28 heavy (non-hydrogen) atoms. The average Bonchev–Trinajstić information content (AvgIpc) is 3.30. The molecule has 0 spiro atoms. The van der Waals surface area contributed by atoms with Gasteiger partial charge in [-0.3, -0.25) is 0 Å². The summed E-state index contributed by atoms with van der Waals surface area (Å²) in [5.41, 5.74) is 4.05. The van der Waals surface area contributed by atoms with Gasteiger partial charge in [-0.15, -0.1) is 0 Å². The summed E-state index contributed by atoms with van der Waals surface area (Å²) >= 11 is -0.181. The number of hydrogen-bond acceptors (Lipinski definition) is 1. The molecule has 1 atom stereocenters. The summed E-state index contributed by atoms with van der Waals surface area (Å²) in [6, 6.07) is 19.1. The Morgan fingerprint density at radius 3 is 2.39 bits per heavy atom. The van der Waals surface area contributed by atoms with Crippen molar-refractivity contribution in [2.24, 2.45) is 5.41 Å². The number of allylic oxidation sites excluding steroid dienone is 1. The molecule has 0 saturated carbocycles. The molecule has 0 aliphatic heterocycles. The number of benzene rings is 2. The molecule has 1 unspecified atom stereocenters. The average molecular weight is 452 g/mol. The Kier molecular flexibility index (Phi) is 8.41. The zero-order valence-corrected chi connectivity index (χ0v) is 19.1. The van der Waals surface area contributed by atoms with Crippen LogP contribution in [0.1, 0.15) is 36.7 Å². The second-order valence-electron chi connectivity index (χ2n) is 7.24. The van der Waals surface area contributed by atoms with E-state index in [1.807, 2.05) is 12.3 Å². The van der Waals surface area contributed by atoms with E-state index in [-0.39, 0.29) is 26.2 Å². The van der Waals surface area contributed by atoms with E-state index in [0.29, 0.717) is 5.92 Å². The van der Waals surface area contributed by atoms with Gasteiger partial charge in [0.15, 0.2) is 0 Å². The first kappa shape index (κ1) is 22.8. The van der Waals surface area contributed by atoms with Crippen LogP contribution in [0.5, 0.6) is 0 Å². The van der Waals surface area contributed by atoms with E-state index < -0.39 is 0 Å². The maximum absolute atomic E-state index is 4.83. The summed E-state index contributed by atoms with van der Waals surface area (Å²) in [7, 11) is 9.65. The van der Waals surface area contributed by atoms with E-state index in [0.717, 1.165) is 12.2 Å². The number of para-hydroxylation sites is 1. The summed E-state index contributed by atoms with van der Waals surface area (Å²) in [5, 5.41) is 0. The third kappa shape index (κ3) is 5.10. The van der Waals surface area contributed by atoms with Crippen LogP contribution in [0.15, 0.2) is 73.1 Å². The Labute approximate surface area is 183 Å². The minimum absolute atomic E-state index is 0. The van der Waals surface area contributed by atoms with Gasteiger partial charge >= 0.3 is 33.5 Å². The molecule has 0 saturated heterocycles. The number of hydrogen-bond donors (Lipinski definition) is 0. The number of rotatable bonds is 4. The summed E-state index contributed by atoms with van der Waals surface area (Å²) < 4.78 is 2.20. The Hall–Kier alpha value is -1.50.